The summed E-state index contributed by atoms with van der Waals surface area (Å²) in [4.78, 5) is 27.3. The molecule has 1 aliphatic rings. The van der Waals surface area contributed by atoms with Crippen LogP contribution in [0.15, 0.2) is 42.0 Å². The Kier molecular flexibility index (Phi) is 7.27. The molecular formula is C23H24ClNO7. The van der Waals surface area contributed by atoms with Gasteiger partial charge in [0.1, 0.15) is 23.0 Å². The molecule has 1 atom stereocenters. The van der Waals surface area contributed by atoms with Crippen LogP contribution in [0, 0.1) is 0 Å². The molecule has 0 bridgehead atoms. The number of Topliss-reactive ketones (excluding diaryl/α,β-unsaturated/α-hetero) is 1. The van der Waals surface area contributed by atoms with Crippen molar-refractivity contribution >= 4 is 29.1 Å². The van der Waals surface area contributed by atoms with Gasteiger partial charge in [0.05, 0.1) is 50.1 Å². The van der Waals surface area contributed by atoms with Gasteiger partial charge in [-0.15, -0.1) is 0 Å². The van der Waals surface area contributed by atoms with Crippen molar-refractivity contribution in [2.75, 3.05) is 41.6 Å². The average Bonchev–Trinajstić information content (AvgIpc) is 3.06. The van der Waals surface area contributed by atoms with Crippen molar-refractivity contribution in [2.45, 2.75) is 6.04 Å². The summed E-state index contributed by atoms with van der Waals surface area (Å²) in [5.74, 6) is -0.809. The van der Waals surface area contributed by atoms with Crippen LogP contribution in [0.2, 0.25) is 5.02 Å². The van der Waals surface area contributed by atoms with Crippen LogP contribution < -0.4 is 14.2 Å². The van der Waals surface area contributed by atoms with Crippen LogP contribution in [0.3, 0.4) is 0 Å². The molecule has 1 unspecified atom stereocenters. The number of likely N-dealkylation sites (tertiary alicyclic amines) is 1. The number of rotatable bonds is 8. The highest BCUT2D eigenvalue weighted by atomic mass is 35.5. The van der Waals surface area contributed by atoms with E-state index in [9.17, 15) is 14.7 Å². The zero-order valence-electron chi connectivity index (χ0n) is 18.2. The highest BCUT2D eigenvalue weighted by molar-refractivity contribution is 6.46. The zero-order valence-corrected chi connectivity index (χ0v) is 18.9. The van der Waals surface area contributed by atoms with Crippen molar-refractivity contribution in [2.24, 2.45) is 0 Å². The second-order valence-corrected chi connectivity index (χ2v) is 7.35. The number of aliphatic hydroxyl groups excluding tert-OH is 1. The van der Waals surface area contributed by atoms with Crippen molar-refractivity contribution < 1.29 is 33.6 Å². The van der Waals surface area contributed by atoms with E-state index in [1.165, 1.54) is 38.4 Å². The topological polar surface area (TPSA) is 94.5 Å². The van der Waals surface area contributed by atoms with Crippen molar-refractivity contribution in [3.05, 3.63) is 58.1 Å². The van der Waals surface area contributed by atoms with E-state index in [0.29, 0.717) is 11.3 Å². The van der Waals surface area contributed by atoms with E-state index >= 15 is 0 Å². The van der Waals surface area contributed by atoms with Crippen LogP contribution in [-0.4, -0.2) is 63.3 Å². The molecule has 2 aromatic carbocycles. The molecule has 2 aromatic rings. The molecule has 0 radical (unpaired) electrons. The predicted molar refractivity (Wildman–Crippen MR) is 118 cm³/mol. The SMILES string of the molecule is COCCN1C(=O)C(=O)/C(=C(/O)c2cc(OC)c(Cl)cc2OC)C1c1ccc(OC)cc1. The maximum atomic E-state index is 13.0. The maximum absolute atomic E-state index is 13.0. The Morgan fingerprint density at radius 3 is 2.22 bits per heavy atom. The average molecular weight is 462 g/mol. The molecule has 170 valence electrons. The van der Waals surface area contributed by atoms with Gasteiger partial charge in [0, 0.05) is 19.7 Å². The Labute approximate surface area is 190 Å². The van der Waals surface area contributed by atoms with E-state index in [4.69, 9.17) is 30.5 Å². The number of carbonyl (C=O) groups excluding carboxylic acids is 2. The summed E-state index contributed by atoms with van der Waals surface area (Å²) in [5.41, 5.74) is 0.735. The first-order valence-electron chi connectivity index (χ1n) is 9.71. The van der Waals surface area contributed by atoms with Gasteiger partial charge in [0.2, 0.25) is 0 Å². The third-order valence-electron chi connectivity index (χ3n) is 5.24. The van der Waals surface area contributed by atoms with Crippen LogP contribution in [0.4, 0.5) is 0 Å². The molecular weight excluding hydrogens is 438 g/mol. The fourth-order valence-electron chi connectivity index (χ4n) is 3.62. The van der Waals surface area contributed by atoms with Gasteiger partial charge in [-0.2, -0.15) is 0 Å². The fourth-order valence-corrected chi connectivity index (χ4v) is 3.85. The molecule has 0 spiro atoms. The van der Waals surface area contributed by atoms with Crippen molar-refractivity contribution in [1.82, 2.24) is 4.90 Å². The molecule has 1 aliphatic heterocycles. The number of ketones is 1. The highest BCUT2D eigenvalue weighted by Crippen LogP contribution is 2.43. The smallest absolute Gasteiger partial charge is 0.295 e. The second kappa shape index (κ2) is 9.93. The zero-order chi connectivity index (χ0) is 23.4. The van der Waals surface area contributed by atoms with E-state index in [1.54, 1.807) is 31.4 Å². The number of nitrogens with zero attached hydrogens (tertiary/aromatic N) is 1. The van der Waals surface area contributed by atoms with Crippen LogP contribution in [-0.2, 0) is 14.3 Å². The normalized spacial score (nSPS) is 17.5. The molecule has 1 heterocycles. The summed E-state index contributed by atoms with van der Waals surface area (Å²) < 4.78 is 20.9. The third kappa shape index (κ3) is 4.24. The first-order valence-corrected chi connectivity index (χ1v) is 10.1. The predicted octanol–water partition coefficient (Wildman–Crippen LogP) is 3.43. The molecule has 9 heteroatoms. The third-order valence-corrected chi connectivity index (χ3v) is 5.53. The lowest BCUT2D eigenvalue weighted by Gasteiger charge is -2.25. The summed E-state index contributed by atoms with van der Waals surface area (Å²) in [7, 11) is 5.88. The standard InChI is InChI=1S/C23H24ClNO7/c1-29-10-9-25-20(13-5-7-14(30-2)8-6-13)19(22(27)23(25)28)21(26)15-11-18(32-4)16(24)12-17(15)31-3/h5-8,11-12,20,26H,9-10H2,1-4H3/b21-19+. The summed E-state index contributed by atoms with van der Waals surface area (Å²) in [6, 6.07) is 9.02. The second-order valence-electron chi connectivity index (χ2n) is 6.95. The first-order chi connectivity index (χ1) is 15.4. The molecule has 3 rings (SSSR count). The molecule has 0 aliphatic carbocycles. The van der Waals surface area contributed by atoms with E-state index in [1.807, 2.05) is 0 Å². The van der Waals surface area contributed by atoms with Gasteiger partial charge >= 0.3 is 0 Å². The summed E-state index contributed by atoms with van der Waals surface area (Å²) >= 11 is 6.17. The number of benzene rings is 2. The number of hydrogen-bond donors (Lipinski definition) is 1. The van der Waals surface area contributed by atoms with Crippen molar-refractivity contribution in [1.29, 1.82) is 0 Å². The van der Waals surface area contributed by atoms with Crippen LogP contribution in [0.25, 0.3) is 5.76 Å². The Hall–Kier alpha value is -3.23. The fraction of sp³-hybridized carbons (Fsp3) is 0.304. The van der Waals surface area contributed by atoms with Crippen molar-refractivity contribution in [3.8, 4) is 17.2 Å². The minimum Gasteiger partial charge on any atom is -0.507 e. The number of methoxy groups -OCH3 is 4. The largest absolute Gasteiger partial charge is 0.507 e. The Morgan fingerprint density at radius 1 is 1.00 bits per heavy atom. The van der Waals surface area contributed by atoms with Crippen LogP contribution in [0.5, 0.6) is 17.2 Å². The number of amides is 1. The van der Waals surface area contributed by atoms with Gasteiger partial charge < -0.3 is 29.0 Å². The van der Waals surface area contributed by atoms with Gasteiger partial charge in [-0.25, -0.2) is 0 Å². The molecule has 32 heavy (non-hydrogen) atoms. The van der Waals surface area contributed by atoms with E-state index in [2.05, 4.69) is 0 Å². The monoisotopic (exact) mass is 461 g/mol. The van der Waals surface area contributed by atoms with E-state index in [-0.39, 0.29) is 40.8 Å². The van der Waals surface area contributed by atoms with E-state index < -0.39 is 23.5 Å². The molecule has 0 saturated carbocycles. The lowest BCUT2D eigenvalue weighted by Crippen LogP contribution is -2.32. The summed E-state index contributed by atoms with van der Waals surface area (Å²) in [6.45, 7) is 0.382. The maximum Gasteiger partial charge on any atom is 0.295 e. The van der Waals surface area contributed by atoms with Gasteiger partial charge in [0.15, 0.2) is 0 Å². The molecule has 1 N–H and O–H groups in total. The lowest BCUT2D eigenvalue weighted by atomic mass is 9.95. The highest BCUT2D eigenvalue weighted by Gasteiger charge is 2.46. The van der Waals surface area contributed by atoms with Crippen molar-refractivity contribution in [3.63, 3.8) is 0 Å². The molecule has 1 saturated heterocycles. The number of hydrogen-bond acceptors (Lipinski definition) is 7. The lowest BCUT2D eigenvalue weighted by molar-refractivity contribution is -0.140. The molecule has 1 amide bonds. The minimum atomic E-state index is -0.831. The summed E-state index contributed by atoms with van der Waals surface area (Å²) in [5, 5.41) is 11.5. The molecule has 8 nitrogen and oxygen atoms in total. The molecule has 0 aromatic heterocycles. The summed E-state index contributed by atoms with van der Waals surface area (Å²) in [6.07, 6.45) is 0. The number of ether oxygens (including phenoxy) is 4. The van der Waals surface area contributed by atoms with Crippen LogP contribution >= 0.6 is 11.6 Å². The molecule has 1 fully saturated rings. The van der Waals surface area contributed by atoms with Crippen LogP contribution in [0.1, 0.15) is 17.2 Å². The Morgan fingerprint density at radius 2 is 1.66 bits per heavy atom. The number of aliphatic hydroxyl groups is 1. The Bertz CT molecular complexity index is 1050. The number of carbonyl (C=O) groups is 2. The van der Waals surface area contributed by atoms with E-state index in [0.717, 1.165) is 0 Å². The van der Waals surface area contributed by atoms with Gasteiger partial charge in [-0.05, 0) is 23.8 Å². The van der Waals surface area contributed by atoms with Gasteiger partial charge in [0.25, 0.3) is 11.7 Å². The quantitative estimate of drug-likeness (QED) is 0.365. The first kappa shape index (κ1) is 23.4. The Balaban J connectivity index is 2.23. The van der Waals surface area contributed by atoms with Gasteiger partial charge in [-0.3, -0.25) is 9.59 Å². The number of halogens is 1. The van der Waals surface area contributed by atoms with Gasteiger partial charge in [-0.1, -0.05) is 23.7 Å². The minimum absolute atomic E-state index is 0.0704.